The van der Waals surface area contributed by atoms with Gasteiger partial charge in [-0.25, -0.2) is 0 Å². The quantitative estimate of drug-likeness (QED) is 0.488. The average molecular weight is 409 g/mol. The smallest absolute Gasteiger partial charge is 0.279 e. The van der Waals surface area contributed by atoms with Gasteiger partial charge in [-0.05, 0) is 23.8 Å². The molecule has 1 amide bonds. The van der Waals surface area contributed by atoms with Crippen LogP contribution >= 0.6 is 11.6 Å². The predicted molar refractivity (Wildman–Crippen MR) is 107 cm³/mol. The highest BCUT2D eigenvalue weighted by Gasteiger charge is 2.15. The number of benzene rings is 2. The number of hydrogen-bond donors (Lipinski definition) is 2. The minimum Gasteiger partial charge on any atom is -0.493 e. The van der Waals surface area contributed by atoms with Gasteiger partial charge in [-0.1, -0.05) is 17.7 Å². The summed E-state index contributed by atoms with van der Waals surface area (Å²) in [6.45, 7) is 0.970. The van der Waals surface area contributed by atoms with E-state index in [0.717, 1.165) is 23.4 Å². The molecule has 2 N–H and O–H groups in total. The van der Waals surface area contributed by atoms with E-state index in [1.54, 1.807) is 14.2 Å². The molecule has 1 atom stereocenters. The van der Waals surface area contributed by atoms with Gasteiger partial charge in [0.15, 0.2) is 18.0 Å². The van der Waals surface area contributed by atoms with Gasteiger partial charge in [-0.2, -0.15) is 0 Å². The number of halogens is 1. The molecule has 2 aromatic rings. The summed E-state index contributed by atoms with van der Waals surface area (Å²) < 4.78 is 10.5. The topological polar surface area (TPSA) is 95.1 Å². The molecule has 1 unspecified atom stereocenters. The lowest BCUT2D eigenvalue weighted by atomic mass is 10.1. The molecule has 2 rings (SSSR count). The standard InChI is InChI=1S/C19H22ClN3O5/c1-22(9-8-13-4-7-17(27-2)18(10-13)28-3)12-19(24)21-16-6-5-14(23(25)26)11-15(16)20/h4-7,10-11H,8-9,12H2,1-3H3,(H,21,24)/p+1. The minimum absolute atomic E-state index is 0.124. The van der Waals surface area contributed by atoms with Crippen molar-refractivity contribution in [1.82, 2.24) is 0 Å². The van der Waals surface area contributed by atoms with Crippen molar-refractivity contribution >= 4 is 28.9 Å². The van der Waals surface area contributed by atoms with Gasteiger partial charge in [0.2, 0.25) is 0 Å². The van der Waals surface area contributed by atoms with Gasteiger partial charge in [-0.15, -0.1) is 0 Å². The third kappa shape index (κ3) is 5.83. The second-order valence-corrected chi connectivity index (χ2v) is 6.70. The van der Waals surface area contributed by atoms with Crippen molar-refractivity contribution in [2.24, 2.45) is 0 Å². The van der Waals surface area contributed by atoms with Gasteiger partial charge in [0.05, 0.1) is 43.4 Å². The molecule has 0 aliphatic heterocycles. The number of quaternary nitrogens is 1. The van der Waals surface area contributed by atoms with Crippen molar-refractivity contribution in [2.45, 2.75) is 6.42 Å². The number of anilines is 1. The zero-order chi connectivity index (χ0) is 20.7. The lowest BCUT2D eigenvalue weighted by Crippen LogP contribution is -3.10. The number of nitrogens with one attached hydrogen (secondary N) is 2. The summed E-state index contributed by atoms with van der Waals surface area (Å²) in [5, 5.41) is 13.6. The molecule has 0 aliphatic rings. The van der Waals surface area contributed by atoms with Crippen LogP contribution in [0.25, 0.3) is 0 Å². The third-order valence-corrected chi connectivity index (χ3v) is 4.50. The Kier molecular flexibility index (Phi) is 7.60. The van der Waals surface area contributed by atoms with Gasteiger partial charge < -0.3 is 19.7 Å². The monoisotopic (exact) mass is 408 g/mol. The number of hydrogen-bond acceptors (Lipinski definition) is 5. The summed E-state index contributed by atoms with van der Waals surface area (Å²) >= 11 is 6.00. The highest BCUT2D eigenvalue weighted by Crippen LogP contribution is 2.28. The van der Waals surface area contributed by atoms with E-state index < -0.39 is 4.92 Å². The summed E-state index contributed by atoms with van der Waals surface area (Å²) in [6.07, 6.45) is 0.762. The summed E-state index contributed by atoms with van der Waals surface area (Å²) in [5.74, 6) is 1.12. The SMILES string of the molecule is COc1ccc(CC[NH+](C)CC(=O)Nc2ccc([N+](=O)[O-])cc2Cl)cc1OC. The lowest BCUT2D eigenvalue weighted by molar-refractivity contribution is -0.870. The fraction of sp³-hybridized carbons (Fsp3) is 0.316. The number of methoxy groups -OCH3 is 2. The van der Waals surface area contributed by atoms with E-state index in [1.807, 2.05) is 25.2 Å². The Morgan fingerprint density at radius 2 is 1.89 bits per heavy atom. The van der Waals surface area contributed by atoms with Crippen LogP contribution in [0.4, 0.5) is 11.4 Å². The number of amides is 1. The second kappa shape index (κ2) is 9.91. The van der Waals surface area contributed by atoms with E-state index >= 15 is 0 Å². The van der Waals surface area contributed by atoms with Crippen molar-refractivity contribution in [2.75, 3.05) is 39.7 Å². The van der Waals surface area contributed by atoms with Crippen molar-refractivity contribution in [3.8, 4) is 11.5 Å². The van der Waals surface area contributed by atoms with Crippen LogP contribution in [-0.2, 0) is 11.2 Å². The number of ether oxygens (including phenoxy) is 2. The van der Waals surface area contributed by atoms with E-state index in [2.05, 4.69) is 5.32 Å². The Bertz CT molecular complexity index is 859. The third-order valence-electron chi connectivity index (χ3n) is 4.19. The van der Waals surface area contributed by atoms with Crippen LogP contribution in [0, 0.1) is 10.1 Å². The first-order valence-corrected chi connectivity index (χ1v) is 8.97. The number of nitrogens with zero attached hydrogens (tertiary/aromatic N) is 1. The lowest BCUT2D eigenvalue weighted by Gasteiger charge is -2.15. The first-order valence-electron chi connectivity index (χ1n) is 8.60. The Hall–Kier alpha value is -2.84. The van der Waals surface area contributed by atoms with Crippen molar-refractivity contribution in [1.29, 1.82) is 0 Å². The molecule has 0 aliphatic carbocycles. The Morgan fingerprint density at radius 1 is 1.18 bits per heavy atom. The number of carbonyl (C=O) groups is 1. The van der Waals surface area contributed by atoms with Gasteiger partial charge in [0.25, 0.3) is 11.6 Å². The van der Waals surface area contributed by atoms with Gasteiger partial charge in [0.1, 0.15) is 0 Å². The maximum atomic E-state index is 12.2. The van der Waals surface area contributed by atoms with Crippen LogP contribution in [0.2, 0.25) is 5.02 Å². The fourth-order valence-corrected chi connectivity index (χ4v) is 2.89. The van der Waals surface area contributed by atoms with E-state index in [4.69, 9.17) is 21.1 Å². The number of nitro groups is 1. The zero-order valence-electron chi connectivity index (χ0n) is 16.0. The molecule has 2 aromatic carbocycles. The van der Waals surface area contributed by atoms with Gasteiger partial charge in [-0.3, -0.25) is 14.9 Å². The molecule has 0 fully saturated rings. The predicted octanol–water partition coefficient (Wildman–Crippen LogP) is 1.96. The number of rotatable bonds is 9. The number of non-ortho nitro benzene ring substituents is 1. The molecule has 28 heavy (non-hydrogen) atoms. The highest BCUT2D eigenvalue weighted by molar-refractivity contribution is 6.33. The number of nitro benzene ring substituents is 1. The van der Waals surface area contributed by atoms with Gasteiger partial charge >= 0.3 is 0 Å². The van der Waals surface area contributed by atoms with Crippen molar-refractivity contribution in [3.63, 3.8) is 0 Å². The largest absolute Gasteiger partial charge is 0.493 e. The molecule has 9 heteroatoms. The Morgan fingerprint density at radius 3 is 2.50 bits per heavy atom. The van der Waals surface area contributed by atoms with Crippen LogP contribution in [-0.4, -0.2) is 45.2 Å². The van der Waals surface area contributed by atoms with Crippen LogP contribution in [0.5, 0.6) is 11.5 Å². The molecular weight excluding hydrogens is 386 g/mol. The molecule has 0 aromatic heterocycles. The average Bonchev–Trinajstić information content (AvgIpc) is 2.67. The first kappa shape index (κ1) is 21.5. The maximum absolute atomic E-state index is 12.2. The van der Waals surface area contributed by atoms with Crippen LogP contribution < -0.4 is 19.7 Å². The normalized spacial score (nSPS) is 11.6. The fourth-order valence-electron chi connectivity index (χ4n) is 2.67. The van der Waals surface area contributed by atoms with Crippen molar-refractivity contribution < 1.29 is 24.1 Å². The summed E-state index contributed by atoms with van der Waals surface area (Å²) in [4.78, 5) is 23.4. The molecule has 0 saturated carbocycles. The second-order valence-electron chi connectivity index (χ2n) is 6.29. The van der Waals surface area contributed by atoms with Crippen LogP contribution in [0.1, 0.15) is 5.56 Å². The highest BCUT2D eigenvalue weighted by atomic mass is 35.5. The number of likely N-dealkylation sites (N-methyl/N-ethyl adjacent to an activating group) is 1. The molecule has 8 nitrogen and oxygen atoms in total. The van der Waals surface area contributed by atoms with Crippen LogP contribution in [0.15, 0.2) is 36.4 Å². The summed E-state index contributed by atoms with van der Waals surface area (Å²) in [6, 6.07) is 9.68. The molecular formula is C19H23ClN3O5+. The van der Waals surface area contributed by atoms with E-state index in [1.165, 1.54) is 18.2 Å². The Labute approximate surface area is 168 Å². The van der Waals surface area contributed by atoms with E-state index in [9.17, 15) is 14.9 Å². The summed E-state index contributed by atoms with van der Waals surface area (Å²) in [5.41, 5.74) is 1.31. The molecule has 0 spiro atoms. The maximum Gasteiger partial charge on any atom is 0.279 e. The van der Waals surface area contributed by atoms with E-state index in [0.29, 0.717) is 17.2 Å². The molecule has 0 saturated heterocycles. The summed E-state index contributed by atoms with van der Waals surface area (Å²) in [7, 11) is 5.09. The molecule has 0 radical (unpaired) electrons. The van der Waals surface area contributed by atoms with Gasteiger partial charge in [0, 0.05) is 18.6 Å². The van der Waals surface area contributed by atoms with E-state index in [-0.39, 0.29) is 23.2 Å². The van der Waals surface area contributed by atoms with Crippen molar-refractivity contribution in [3.05, 3.63) is 57.1 Å². The molecule has 0 heterocycles. The molecule has 0 bridgehead atoms. The van der Waals surface area contributed by atoms with Crippen LogP contribution in [0.3, 0.4) is 0 Å². The first-order chi connectivity index (χ1) is 13.3. The molecule has 150 valence electrons. The zero-order valence-corrected chi connectivity index (χ0v) is 16.7. The Balaban J connectivity index is 1.88. The number of carbonyl (C=O) groups excluding carboxylic acids is 1. The minimum atomic E-state index is -0.538.